The summed E-state index contributed by atoms with van der Waals surface area (Å²) >= 11 is 0. The molecule has 14 unspecified atom stereocenters. The van der Waals surface area contributed by atoms with Gasteiger partial charge in [-0.25, -0.2) is 9.79 Å². The molecule has 0 radical (unpaired) electrons. The number of aliphatic imine (C=N–C) groups is 1. The molecule has 0 aliphatic heterocycles. The number of hydrogen-bond donors (Lipinski definition) is 8. The Labute approximate surface area is 407 Å². The lowest BCUT2D eigenvalue weighted by molar-refractivity contribution is -0.231. The summed E-state index contributed by atoms with van der Waals surface area (Å²) in [7, 11) is 0. The minimum Gasteiger partial charge on any atom is -0.478 e. The molecule has 10 N–H and O–H groups in total. The van der Waals surface area contributed by atoms with E-state index >= 15 is 9.90 Å². The fourth-order valence-electron chi connectivity index (χ4n) is 20.0. The number of fused-ring (bicyclic) bond motifs is 3. The molecule has 0 aromatic heterocycles. The van der Waals surface area contributed by atoms with Crippen LogP contribution in [0.4, 0.5) is 0 Å². The number of allylic oxidation sites excluding steroid dienone is 4. The van der Waals surface area contributed by atoms with Gasteiger partial charge >= 0.3 is 5.97 Å². The normalized spacial score (nSPS) is 47.8. The van der Waals surface area contributed by atoms with E-state index in [0.29, 0.717) is 47.1 Å². The Morgan fingerprint density at radius 1 is 0.943 bits per heavy atom. The molecular formula is C58H63N3O9. The predicted octanol–water partition coefficient (Wildman–Crippen LogP) is 5.39. The molecule has 13 rings (SSSR count). The van der Waals surface area contributed by atoms with Gasteiger partial charge in [-0.05, 0) is 121 Å². The summed E-state index contributed by atoms with van der Waals surface area (Å²) in [4.78, 5) is 49.4. The molecule has 70 heavy (non-hydrogen) atoms. The molecule has 12 aliphatic carbocycles. The number of carboxylic acids is 1. The number of benzene rings is 1. The summed E-state index contributed by atoms with van der Waals surface area (Å²) in [6.45, 7) is 7.11. The number of nitrogens with zero attached hydrogens (tertiary/aromatic N) is 1. The van der Waals surface area contributed by atoms with Crippen molar-refractivity contribution in [2.45, 2.75) is 139 Å². The Balaban J connectivity index is 1.22. The maximum Gasteiger partial charge on any atom is 0.331 e. The van der Waals surface area contributed by atoms with Crippen molar-refractivity contribution in [1.29, 1.82) is 0 Å². The highest BCUT2D eigenvalue weighted by Crippen LogP contribution is 2.90. The van der Waals surface area contributed by atoms with Gasteiger partial charge in [-0.2, -0.15) is 0 Å². The first-order chi connectivity index (χ1) is 33.1. The fraction of sp³-hybridized carbons (Fsp3) is 0.552. The van der Waals surface area contributed by atoms with Crippen molar-refractivity contribution in [1.82, 2.24) is 0 Å². The van der Waals surface area contributed by atoms with E-state index < -0.39 is 91.3 Å². The van der Waals surface area contributed by atoms with Crippen molar-refractivity contribution >= 4 is 29.6 Å². The summed E-state index contributed by atoms with van der Waals surface area (Å²) in [6, 6.07) is 8.27. The maximum absolute atomic E-state index is 16.5. The summed E-state index contributed by atoms with van der Waals surface area (Å²) < 4.78 is 0. The smallest absolute Gasteiger partial charge is 0.331 e. The first kappa shape index (κ1) is 44.8. The minimum absolute atomic E-state index is 0.0000242. The average Bonchev–Trinajstić information content (AvgIpc) is 3.76. The van der Waals surface area contributed by atoms with Crippen LogP contribution in [0.5, 0.6) is 0 Å². The molecule has 1 aromatic carbocycles. The van der Waals surface area contributed by atoms with Crippen molar-refractivity contribution in [3.8, 4) is 11.8 Å². The third-order valence-electron chi connectivity index (χ3n) is 22.1. The first-order valence-corrected chi connectivity index (χ1v) is 25.6. The average molecular weight is 946 g/mol. The Morgan fingerprint density at radius 3 is 2.46 bits per heavy atom. The van der Waals surface area contributed by atoms with Gasteiger partial charge in [0.25, 0.3) is 0 Å². The molecule has 12 heteroatoms. The number of carbonyl (C=O) groups is 3. The summed E-state index contributed by atoms with van der Waals surface area (Å²) in [6.07, 6.45) is 12.6. The van der Waals surface area contributed by atoms with E-state index in [4.69, 9.17) is 16.5 Å². The number of aliphatic hydroxyl groups is 5. The van der Waals surface area contributed by atoms with Crippen LogP contribution >= 0.6 is 0 Å². The standard InChI is InChI=1S/C58H63N3O9/c1-30(47(65)66)36-16-22-52(61-48(59)60)23-24-53-39(18-25-62)58(52,70)57(36,69)37-15-14-33-27-35-28-54(67)42(34-13-12-31-10-6-7-11-32(31)26-34)45-49(2)19-8-5-9-20-55(56(35,68)44(53)41(33)37)46(54)43(38(63)29-51(53,55)4)50(45,3)21-17-40(49)64/h6-7,10-11,15,23-24,26,28,39,42,44-45,62,67-70H,9,12-14,16-22,25,27,29H2,1-4H3,(H,65,66)(H4,59,60,61). The van der Waals surface area contributed by atoms with E-state index in [0.717, 1.165) is 23.1 Å². The van der Waals surface area contributed by atoms with Crippen LogP contribution in [0.3, 0.4) is 0 Å². The molecule has 6 bridgehead atoms. The number of carboxylic acid groups (broad SMARTS) is 1. The van der Waals surface area contributed by atoms with E-state index in [1.165, 1.54) is 12.5 Å². The monoisotopic (exact) mass is 945 g/mol. The van der Waals surface area contributed by atoms with E-state index in [9.17, 15) is 35.1 Å². The van der Waals surface area contributed by atoms with Crippen LogP contribution in [0, 0.1) is 62.6 Å². The van der Waals surface area contributed by atoms with Crippen molar-refractivity contribution < 1.29 is 45.0 Å². The Morgan fingerprint density at radius 2 is 1.71 bits per heavy atom. The molecule has 2 spiro atoms. The van der Waals surface area contributed by atoms with Gasteiger partial charge in [-0.3, -0.25) is 9.59 Å². The van der Waals surface area contributed by atoms with E-state index in [-0.39, 0.29) is 86.5 Å². The third-order valence-corrected chi connectivity index (χ3v) is 22.1. The van der Waals surface area contributed by atoms with Gasteiger partial charge in [0.15, 0.2) is 11.7 Å². The summed E-state index contributed by atoms with van der Waals surface area (Å²) in [5.74, 6) is 1.74. The van der Waals surface area contributed by atoms with Gasteiger partial charge in [0.05, 0.1) is 0 Å². The van der Waals surface area contributed by atoms with Crippen molar-refractivity contribution in [2.75, 3.05) is 6.61 Å². The SMILES string of the molecule is CC(C(=O)O)=C1CCC2(N=C(N)N)C=CC34C5C6=C(CC=C6C1(O)C2(O)C3CCO)CC1=CC2(O)C3=C6C(=O)CC4(C)C3(CCC#CCC3(C)C(=O)CCC6(C)C3C2C2=Cc3ccccc3CC2)C15O. The molecule has 14 atom stereocenters. The molecule has 0 amide bonds. The second-order valence-electron chi connectivity index (χ2n) is 24.1. The largest absolute Gasteiger partial charge is 0.478 e. The third kappa shape index (κ3) is 4.32. The molecule has 4 saturated carbocycles. The maximum atomic E-state index is 16.5. The number of Topliss-reactive ketones (excluding diaryl/α,β-unsaturated/α-hetero) is 2. The molecule has 4 fully saturated rings. The number of aryl methyl sites for hydroxylation is 1. The van der Waals surface area contributed by atoms with Crippen molar-refractivity contribution in [3.05, 3.63) is 110 Å². The van der Waals surface area contributed by atoms with Crippen molar-refractivity contribution in [3.63, 3.8) is 0 Å². The topological polar surface area (TPSA) is 237 Å². The van der Waals surface area contributed by atoms with Gasteiger partial charge < -0.3 is 42.1 Å². The lowest BCUT2D eigenvalue weighted by atomic mass is 9.32. The number of nitrogens with two attached hydrogens (primary N) is 2. The molecule has 0 saturated heterocycles. The molecule has 12 aliphatic rings. The van der Waals surface area contributed by atoms with Crippen LogP contribution in [0.15, 0.2) is 104 Å². The van der Waals surface area contributed by atoms with Gasteiger partial charge in [0.2, 0.25) is 0 Å². The quantitative estimate of drug-likeness (QED) is 0.0613. The minimum atomic E-state index is -2.48. The molecular weight excluding hydrogens is 883 g/mol. The van der Waals surface area contributed by atoms with Crippen LogP contribution in [0.1, 0.15) is 116 Å². The van der Waals surface area contributed by atoms with Gasteiger partial charge in [-0.15, -0.1) is 11.8 Å². The molecule has 364 valence electrons. The second kappa shape index (κ2) is 13.3. The molecule has 1 aromatic rings. The van der Waals surface area contributed by atoms with Gasteiger partial charge in [0, 0.05) is 82.9 Å². The van der Waals surface area contributed by atoms with Crippen LogP contribution < -0.4 is 11.5 Å². The van der Waals surface area contributed by atoms with E-state index in [2.05, 4.69) is 37.0 Å². The van der Waals surface area contributed by atoms with Crippen LogP contribution in [-0.2, 0) is 20.8 Å². The Kier molecular flexibility index (Phi) is 8.48. The zero-order valence-corrected chi connectivity index (χ0v) is 40.4. The van der Waals surface area contributed by atoms with Gasteiger partial charge in [0.1, 0.15) is 33.7 Å². The van der Waals surface area contributed by atoms with Crippen LogP contribution in [0.25, 0.3) is 6.08 Å². The lowest BCUT2D eigenvalue weighted by Gasteiger charge is -2.72. The van der Waals surface area contributed by atoms with E-state index in [1.807, 2.05) is 44.2 Å². The highest BCUT2D eigenvalue weighted by atomic mass is 16.4. The lowest BCUT2D eigenvalue weighted by Crippen LogP contribution is -2.78. The zero-order valence-electron chi connectivity index (χ0n) is 40.4. The first-order valence-electron chi connectivity index (χ1n) is 25.6. The summed E-state index contributed by atoms with van der Waals surface area (Å²) in [5, 5.41) is 81.5. The number of ketones is 2. The number of rotatable bonds is 5. The van der Waals surface area contributed by atoms with Gasteiger partial charge in [-0.1, -0.05) is 80.5 Å². The number of aliphatic hydroxyl groups excluding tert-OH is 1. The van der Waals surface area contributed by atoms with Crippen LogP contribution in [-0.4, -0.2) is 88.7 Å². The molecule has 12 nitrogen and oxygen atoms in total. The number of guanidine groups is 1. The fourth-order valence-corrected chi connectivity index (χ4v) is 20.0. The van der Waals surface area contributed by atoms with E-state index in [1.54, 1.807) is 6.08 Å². The number of aliphatic carboxylic acids is 1. The molecule has 0 heterocycles. The summed E-state index contributed by atoms with van der Waals surface area (Å²) in [5.41, 5.74) is 2.28. The Hall–Kier alpha value is -5.16. The number of carbonyl (C=O) groups excluding carboxylic acids is 2. The number of hydrogen-bond acceptors (Lipinski definition) is 9. The zero-order chi connectivity index (χ0) is 49.4. The van der Waals surface area contributed by atoms with Crippen LogP contribution in [0.2, 0.25) is 0 Å². The predicted molar refractivity (Wildman–Crippen MR) is 260 cm³/mol. The highest BCUT2D eigenvalue weighted by Gasteiger charge is 2.93. The highest BCUT2D eigenvalue weighted by molar-refractivity contribution is 6.03. The van der Waals surface area contributed by atoms with Crippen molar-refractivity contribution in [2.24, 2.45) is 67.2 Å². The second-order valence-corrected chi connectivity index (χ2v) is 24.1. The Bertz CT molecular complexity index is 3100.